The van der Waals surface area contributed by atoms with Gasteiger partial charge in [0.2, 0.25) is 0 Å². The number of hydrogen-bond acceptors (Lipinski definition) is 7. The van der Waals surface area contributed by atoms with Crippen molar-refractivity contribution in [3.8, 4) is 23.0 Å². The molecule has 1 unspecified atom stereocenters. The zero-order chi connectivity index (χ0) is 24.1. The molecule has 0 amide bonds. The maximum Gasteiger partial charge on any atom is 0.161 e. The summed E-state index contributed by atoms with van der Waals surface area (Å²) in [7, 11) is 9.01. The quantitative estimate of drug-likeness (QED) is 0.557. The maximum absolute atomic E-state index is 5.68. The molecular weight excluding hydrogens is 432 g/mol. The molecule has 7 nitrogen and oxygen atoms in total. The summed E-state index contributed by atoms with van der Waals surface area (Å²) in [6.45, 7) is 5.62. The number of methoxy groups -OCH3 is 4. The molecule has 2 aliphatic rings. The molecule has 0 radical (unpaired) electrons. The van der Waals surface area contributed by atoms with Crippen LogP contribution in [0.25, 0.3) is 0 Å². The number of fused-ring (bicyclic) bond motifs is 1. The number of ether oxygens (including phenoxy) is 5. The van der Waals surface area contributed by atoms with E-state index in [1.54, 1.807) is 28.4 Å². The molecule has 1 saturated heterocycles. The minimum absolute atomic E-state index is 0.240. The average Bonchev–Trinajstić information content (AvgIpc) is 2.88. The minimum Gasteiger partial charge on any atom is -0.493 e. The van der Waals surface area contributed by atoms with Gasteiger partial charge in [0.25, 0.3) is 0 Å². The summed E-state index contributed by atoms with van der Waals surface area (Å²) in [5.41, 5.74) is 5.24. The van der Waals surface area contributed by atoms with Crippen LogP contribution < -0.4 is 18.9 Å². The van der Waals surface area contributed by atoms with Gasteiger partial charge in [-0.1, -0.05) is 0 Å². The molecule has 0 bridgehead atoms. The summed E-state index contributed by atoms with van der Waals surface area (Å²) >= 11 is 0. The number of benzene rings is 2. The number of nitrogens with zero attached hydrogens (tertiary/aromatic N) is 2. The predicted octanol–water partition coefficient (Wildman–Crippen LogP) is 3.37. The first kappa shape index (κ1) is 24.6. The van der Waals surface area contributed by atoms with Gasteiger partial charge in [0.1, 0.15) is 0 Å². The molecule has 0 saturated carbocycles. The lowest BCUT2D eigenvalue weighted by molar-refractivity contribution is 0.0384. The molecular formula is C27H38N2O5. The van der Waals surface area contributed by atoms with Crippen LogP contribution in [-0.4, -0.2) is 84.7 Å². The highest BCUT2D eigenvalue weighted by Gasteiger charge is 2.28. The lowest BCUT2D eigenvalue weighted by atomic mass is 9.87. The molecule has 186 valence electrons. The smallest absolute Gasteiger partial charge is 0.161 e. The van der Waals surface area contributed by atoms with E-state index in [4.69, 9.17) is 23.7 Å². The van der Waals surface area contributed by atoms with E-state index in [9.17, 15) is 0 Å². The lowest BCUT2D eigenvalue weighted by Crippen LogP contribution is -2.37. The summed E-state index contributed by atoms with van der Waals surface area (Å²) in [6.07, 6.45) is 2.85. The first-order chi connectivity index (χ1) is 16.6. The van der Waals surface area contributed by atoms with Crippen molar-refractivity contribution < 1.29 is 23.7 Å². The summed E-state index contributed by atoms with van der Waals surface area (Å²) in [4.78, 5) is 4.92. The van der Waals surface area contributed by atoms with Crippen molar-refractivity contribution in [1.29, 1.82) is 0 Å². The van der Waals surface area contributed by atoms with E-state index in [1.165, 1.54) is 22.3 Å². The second-order valence-electron chi connectivity index (χ2n) is 9.04. The Morgan fingerprint density at radius 1 is 0.794 bits per heavy atom. The van der Waals surface area contributed by atoms with Crippen LogP contribution in [0.3, 0.4) is 0 Å². The summed E-state index contributed by atoms with van der Waals surface area (Å²) in [5, 5.41) is 0. The predicted molar refractivity (Wildman–Crippen MR) is 133 cm³/mol. The van der Waals surface area contributed by atoms with Gasteiger partial charge in [-0.25, -0.2) is 0 Å². The molecule has 2 heterocycles. The van der Waals surface area contributed by atoms with Crippen LogP contribution in [0.5, 0.6) is 23.0 Å². The topological polar surface area (TPSA) is 52.6 Å². The first-order valence-corrected chi connectivity index (χ1v) is 12.1. The second kappa shape index (κ2) is 11.3. The van der Waals surface area contributed by atoms with Gasteiger partial charge in [-0.05, 0) is 72.8 Å². The normalized spacial score (nSPS) is 18.9. The third kappa shape index (κ3) is 5.27. The third-order valence-corrected chi connectivity index (χ3v) is 7.19. The Morgan fingerprint density at radius 3 is 2.03 bits per heavy atom. The van der Waals surface area contributed by atoms with Crippen molar-refractivity contribution in [3.05, 3.63) is 46.5 Å². The van der Waals surface area contributed by atoms with E-state index in [2.05, 4.69) is 41.1 Å². The average molecular weight is 471 g/mol. The van der Waals surface area contributed by atoms with Crippen molar-refractivity contribution >= 4 is 0 Å². The van der Waals surface area contributed by atoms with Gasteiger partial charge in [0.05, 0.1) is 41.7 Å². The molecule has 2 aromatic carbocycles. The van der Waals surface area contributed by atoms with Gasteiger partial charge < -0.3 is 23.7 Å². The molecule has 1 fully saturated rings. The zero-order valence-corrected chi connectivity index (χ0v) is 21.2. The standard InChI is InChI=1S/C27H38N2O5/c1-28-8-6-20-16-25(31-3)27(33-5)18-22(20)23(28)14-21-17-26(32-4)24(30-2)15-19(21)7-9-29-10-12-34-13-11-29/h15-18,23H,6-14H2,1-5H3. The molecule has 0 spiro atoms. The number of morpholine rings is 1. The Bertz CT molecular complexity index is 974. The van der Waals surface area contributed by atoms with Crippen LogP contribution in [0.4, 0.5) is 0 Å². The number of hydrogen-bond donors (Lipinski definition) is 0. The van der Waals surface area contributed by atoms with Crippen LogP contribution in [-0.2, 0) is 24.0 Å². The highest BCUT2D eigenvalue weighted by atomic mass is 16.5. The van der Waals surface area contributed by atoms with Gasteiger partial charge in [-0.2, -0.15) is 0 Å². The fourth-order valence-corrected chi connectivity index (χ4v) is 5.12. The fraction of sp³-hybridized carbons (Fsp3) is 0.556. The van der Waals surface area contributed by atoms with E-state index in [1.807, 2.05) is 0 Å². The van der Waals surface area contributed by atoms with Crippen LogP contribution in [0.15, 0.2) is 24.3 Å². The van der Waals surface area contributed by atoms with E-state index in [0.717, 1.165) is 81.7 Å². The Labute approximate surface area is 203 Å². The second-order valence-corrected chi connectivity index (χ2v) is 9.04. The Morgan fingerprint density at radius 2 is 1.38 bits per heavy atom. The summed E-state index contributed by atoms with van der Waals surface area (Å²) in [5.74, 6) is 3.13. The molecule has 1 atom stereocenters. The van der Waals surface area contributed by atoms with Gasteiger partial charge in [-0.15, -0.1) is 0 Å². The van der Waals surface area contributed by atoms with Crippen molar-refractivity contribution in [3.63, 3.8) is 0 Å². The SMILES string of the molecule is COc1cc(CCN2CCOCC2)c(CC2c3cc(OC)c(OC)cc3CCN2C)cc1OC. The van der Waals surface area contributed by atoms with Crippen molar-refractivity contribution in [2.45, 2.75) is 25.3 Å². The maximum atomic E-state index is 5.68. The Hall–Kier alpha value is -2.48. The molecule has 2 aliphatic heterocycles. The van der Waals surface area contributed by atoms with E-state index >= 15 is 0 Å². The molecule has 34 heavy (non-hydrogen) atoms. The van der Waals surface area contributed by atoms with Gasteiger partial charge >= 0.3 is 0 Å². The van der Waals surface area contributed by atoms with Crippen molar-refractivity contribution in [2.75, 3.05) is 74.9 Å². The molecule has 2 aromatic rings. The Kier molecular flexibility index (Phi) is 8.19. The largest absolute Gasteiger partial charge is 0.493 e. The number of likely N-dealkylation sites (N-methyl/N-ethyl adjacent to an activating group) is 1. The molecule has 7 heteroatoms. The molecule has 0 aromatic heterocycles. The van der Waals surface area contributed by atoms with Crippen LogP contribution >= 0.6 is 0 Å². The third-order valence-electron chi connectivity index (χ3n) is 7.19. The molecule has 0 N–H and O–H groups in total. The zero-order valence-electron chi connectivity index (χ0n) is 21.2. The summed E-state index contributed by atoms with van der Waals surface area (Å²) in [6, 6.07) is 8.86. The van der Waals surface area contributed by atoms with Crippen LogP contribution in [0.1, 0.15) is 28.3 Å². The van der Waals surface area contributed by atoms with Crippen LogP contribution in [0.2, 0.25) is 0 Å². The van der Waals surface area contributed by atoms with E-state index < -0.39 is 0 Å². The highest BCUT2D eigenvalue weighted by Crippen LogP contribution is 2.40. The monoisotopic (exact) mass is 470 g/mol. The first-order valence-electron chi connectivity index (χ1n) is 12.1. The Balaban J connectivity index is 1.66. The minimum atomic E-state index is 0.240. The van der Waals surface area contributed by atoms with Crippen molar-refractivity contribution in [1.82, 2.24) is 9.80 Å². The van der Waals surface area contributed by atoms with E-state index in [-0.39, 0.29) is 6.04 Å². The van der Waals surface area contributed by atoms with Gasteiger partial charge in [0.15, 0.2) is 23.0 Å². The van der Waals surface area contributed by atoms with Crippen molar-refractivity contribution in [2.24, 2.45) is 0 Å². The van der Waals surface area contributed by atoms with Gasteiger partial charge in [0, 0.05) is 32.2 Å². The van der Waals surface area contributed by atoms with Crippen LogP contribution in [0, 0.1) is 0 Å². The number of rotatable bonds is 9. The molecule has 4 rings (SSSR count). The molecule has 0 aliphatic carbocycles. The lowest BCUT2D eigenvalue weighted by Gasteiger charge is -2.36. The van der Waals surface area contributed by atoms with E-state index in [0.29, 0.717) is 0 Å². The van der Waals surface area contributed by atoms with Gasteiger partial charge in [-0.3, -0.25) is 9.80 Å². The fourth-order valence-electron chi connectivity index (χ4n) is 5.12. The summed E-state index contributed by atoms with van der Waals surface area (Å²) < 4.78 is 28.0. The highest BCUT2D eigenvalue weighted by molar-refractivity contribution is 5.51.